The van der Waals surface area contributed by atoms with Crippen molar-refractivity contribution in [2.75, 3.05) is 0 Å². The van der Waals surface area contributed by atoms with E-state index in [0.29, 0.717) is 25.6 Å². The number of fused-ring (bicyclic) bond motifs is 1. The van der Waals surface area contributed by atoms with Crippen molar-refractivity contribution in [3.63, 3.8) is 0 Å². The Balaban J connectivity index is 1.48. The molecule has 1 saturated carbocycles. The molecule has 0 spiro atoms. The summed E-state index contributed by atoms with van der Waals surface area (Å²) in [5.41, 5.74) is 7.54. The maximum atomic E-state index is 13.3. The van der Waals surface area contributed by atoms with Crippen LogP contribution in [0, 0.1) is 20.8 Å². The highest BCUT2D eigenvalue weighted by atomic mass is 16.2. The van der Waals surface area contributed by atoms with Gasteiger partial charge in [-0.3, -0.25) is 9.48 Å². The molecule has 0 atom stereocenters. The van der Waals surface area contributed by atoms with E-state index in [9.17, 15) is 4.79 Å². The summed E-state index contributed by atoms with van der Waals surface area (Å²) in [6.07, 6.45) is 4.55. The highest BCUT2D eigenvalue weighted by Gasteiger charge is 2.33. The van der Waals surface area contributed by atoms with Crippen LogP contribution in [0.1, 0.15) is 41.6 Å². The molecule has 5 rings (SSSR count). The van der Waals surface area contributed by atoms with Crippen molar-refractivity contribution in [2.24, 2.45) is 0 Å². The van der Waals surface area contributed by atoms with Gasteiger partial charge in [0.15, 0.2) is 0 Å². The summed E-state index contributed by atoms with van der Waals surface area (Å²) in [5.74, 6) is 0.185. The number of aromatic nitrogens is 3. The van der Waals surface area contributed by atoms with Gasteiger partial charge < -0.3 is 4.90 Å². The third-order valence-corrected chi connectivity index (χ3v) is 6.32. The van der Waals surface area contributed by atoms with Crippen molar-refractivity contribution in [2.45, 2.75) is 59.2 Å². The molecule has 0 radical (unpaired) electrons. The Bertz CT molecular complexity index is 1320. The Morgan fingerprint density at radius 3 is 2.58 bits per heavy atom. The molecule has 2 aromatic carbocycles. The second-order valence-corrected chi connectivity index (χ2v) is 9.28. The lowest BCUT2D eigenvalue weighted by molar-refractivity contribution is -0.132. The maximum absolute atomic E-state index is 13.3. The van der Waals surface area contributed by atoms with Gasteiger partial charge in [0.05, 0.1) is 16.9 Å². The number of amides is 1. The van der Waals surface area contributed by atoms with Crippen LogP contribution in [-0.4, -0.2) is 31.6 Å². The van der Waals surface area contributed by atoms with Crippen LogP contribution in [0.25, 0.3) is 22.2 Å². The van der Waals surface area contributed by atoms with Gasteiger partial charge in [-0.2, -0.15) is 5.10 Å². The topological polar surface area (TPSA) is 51.0 Å². The highest BCUT2D eigenvalue weighted by molar-refractivity contribution is 5.84. The van der Waals surface area contributed by atoms with E-state index in [4.69, 9.17) is 4.98 Å². The van der Waals surface area contributed by atoms with E-state index in [2.05, 4.69) is 72.4 Å². The lowest BCUT2D eigenvalue weighted by atomic mass is 10.0. The molecule has 4 aromatic rings. The molecule has 5 heteroatoms. The summed E-state index contributed by atoms with van der Waals surface area (Å²) in [4.78, 5) is 20.4. The Morgan fingerprint density at radius 1 is 1.03 bits per heavy atom. The Morgan fingerprint density at radius 2 is 1.85 bits per heavy atom. The largest absolute Gasteiger partial charge is 0.335 e. The average Bonchev–Trinajstić information content (AvgIpc) is 3.55. The second kappa shape index (κ2) is 8.81. The molecule has 5 nitrogen and oxygen atoms in total. The van der Waals surface area contributed by atoms with Crippen molar-refractivity contribution < 1.29 is 4.79 Å². The summed E-state index contributed by atoms with van der Waals surface area (Å²) < 4.78 is 1.86. The van der Waals surface area contributed by atoms with Crippen LogP contribution in [-0.2, 0) is 17.9 Å². The summed E-state index contributed by atoms with van der Waals surface area (Å²) in [5, 5.41) is 5.54. The monoisotopic (exact) mass is 438 g/mol. The van der Waals surface area contributed by atoms with Crippen LogP contribution in [0.2, 0.25) is 0 Å². The van der Waals surface area contributed by atoms with Crippen LogP contribution in [0.5, 0.6) is 0 Å². The summed E-state index contributed by atoms with van der Waals surface area (Å²) in [6, 6.07) is 19.4. The maximum Gasteiger partial charge on any atom is 0.224 e. The van der Waals surface area contributed by atoms with Crippen molar-refractivity contribution >= 4 is 16.8 Å². The number of benzene rings is 2. The fourth-order valence-corrected chi connectivity index (χ4v) is 4.42. The SMILES string of the molecule is Cc1cccc(-c2nc3cc(C)ccc3cc2CN(C(=O)CCn2ccc(C)n2)C2CC2)c1. The predicted octanol–water partition coefficient (Wildman–Crippen LogP) is 5.60. The number of aryl methyl sites for hydroxylation is 4. The fourth-order valence-electron chi connectivity index (χ4n) is 4.42. The van der Waals surface area contributed by atoms with Gasteiger partial charge in [0.1, 0.15) is 0 Å². The average molecular weight is 439 g/mol. The zero-order valence-corrected chi connectivity index (χ0v) is 19.6. The van der Waals surface area contributed by atoms with Crippen LogP contribution < -0.4 is 0 Å². The molecule has 2 aromatic heterocycles. The van der Waals surface area contributed by atoms with Crippen molar-refractivity contribution in [3.8, 4) is 11.3 Å². The molecule has 1 aliphatic rings. The summed E-state index contributed by atoms with van der Waals surface area (Å²) in [7, 11) is 0. The molecule has 1 aliphatic carbocycles. The van der Waals surface area contributed by atoms with Crippen LogP contribution >= 0.6 is 0 Å². The smallest absolute Gasteiger partial charge is 0.224 e. The fraction of sp³-hybridized carbons (Fsp3) is 0.321. The molecule has 0 N–H and O–H groups in total. The molecule has 168 valence electrons. The standard InChI is InChI=1S/C28H30N4O/c1-19-5-4-6-23(15-19)28-24(17-22-8-7-20(2)16-26(22)29-28)18-32(25-9-10-25)27(33)12-14-31-13-11-21(3)30-31/h4-8,11,13,15-17,25H,9-10,12,14,18H2,1-3H3. The van der Waals surface area contributed by atoms with Crippen LogP contribution in [0.15, 0.2) is 60.8 Å². The zero-order valence-electron chi connectivity index (χ0n) is 19.6. The lowest BCUT2D eigenvalue weighted by Gasteiger charge is -2.24. The second-order valence-electron chi connectivity index (χ2n) is 9.28. The highest BCUT2D eigenvalue weighted by Crippen LogP contribution is 2.33. The molecular weight excluding hydrogens is 408 g/mol. The molecule has 1 fully saturated rings. The van der Waals surface area contributed by atoms with E-state index in [1.54, 1.807) is 0 Å². The lowest BCUT2D eigenvalue weighted by Crippen LogP contribution is -2.33. The van der Waals surface area contributed by atoms with Crippen molar-refractivity contribution in [3.05, 3.63) is 83.2 Å². The number of hydrogen-bond donors (Lipinski definition) is 0. The number of pyridine rings is 1. The van der Waals surface area contributed by atoms with Gasteiger partial charge in [-0.1, -0.05) is 35.9 Å². The Hall–Kier alpha value is -3.47. The van der Waals surface area contributed by atoms with E-state index in [0.717, 1.165) is 46.3 Å². The Labute approximate surface area is 195 Å². The number of rotatable bonds is 7. The number of nitrogens with zero attached hydrogens (tertiary/aromatic N) is 4. The van der Waals surface area contributed by atoms with E-state index in [1.165, 1.54) is 11.1 Å². The van der Waals surface area contributed by atoms with Gasteiger partial charge in [-0.05, 0) is 69.0 Å². The van der Waals surface area contributed by atoms with E-state index >= 15 is 0 Å². The first-order chi connectivity index (χ1) is 16.0. The third-order valence-electron chi connectivity index (χ3n) is 6.32. The van der Waals surface area contributed by atoms with Gasteiger partial charge in [0, 0.05) is 42.7 Å². The van der Waals surface area contributed by atoms with E-state index < -0.39 is 0 Å². The molecule has 0 saturated heterocycles. The molecule has 33 heavy (non-hydrogen) atoms. The van der Waals surface area contributed by atoms with Gasteiger partial charge >= 0.3 is 0 Å². The molecule has 0 aliphatic heterocycles. The van der Waals surface area contributed by atoms with Crippen LogP contribution in [0.3, 0.4) is 0 Å². The predicted molar refractivity (Wildman–Crippen MR) is 132 cm³/mol. The number of hydrogen-bond acceptors (Lipinski definition) is 3. The minimum atomic E-state index is 0.185. The Kier molecular flexibility index (Phi) is 5.71. The molecule has 1 amide bonds. The van der Waals surface area contributed by atoms with Crippen LogP contribution in [0.4, 0.5) is 0 Å². The third kappa shape index (κ3) is 4.82. The number of carbonyl (C=O) groups excluding carboxylic acids is 1. The number of carbonyl (C=O) groups is 1. The minimum absolute atomic E-state index is 0.185. The summed E-state index contributed by atoms with van der Waals surface area (Å²) in [6.45, 7) is 7.36. The first kappa shape index (κ1) is 21.4. The van der Waals surface area contributed by atoms with Gasteiger partial charge in [-0.25, -0.2) is 4.98 Å². The minimum Gasteiger partial charge on any atom is -0.335 e. The van der Waals surface area contributed by atoms with Gasteiger partial charge in [0.25, 0.3) is 0 Å². The van der Waals surface area contributed by atoms with Crippen molar-refractivity contribution in [1.29, 1.82) is 0 Å². The first-order valence-corrected chi connectivity index (χ1v) is 11.7. The molecular formula is C28H30N4O. The van der Waals surface area contributed by atoms with Gasteiger partial charge in [0.2, 0.25) is 5.91 Å². The molecule has 0 unspecified atom stereocenters. The molecule has 2 heterocycles. The summed E-state index contributed by atoms with van der Waals surface area (Å²) >= 11 is 0. The zero-order chi connectivity index (χ0) is 22.9. The van der Waals surface area contributed by atoms with Crippen molar-refractivity contribution in [1.82, 2.24) is 19.7 Å². The van der Waals surface area contributed by atoms with E-state index in [-0.39, 0.29) is 5.91 Å². The normalized spacial score (nSPS) is 13.4. The quantitative estimate of drug-likeness (QED) is 0.377. The first-order valence-electron chi connectivity index (χ1n) is 11.7. The van der Waals surface area contributed by atoms with Gasteiger partial charge in [-0.15, -0.1) is 0 Å². The van der Waals surface area contributed by atoms with E-state index in [1.807, 2.05) is 23.9 Å². The molecule has 0 bridgehead atoms.